The maximum absolute atomic E-state index is 9.57. The number of fused-ring (bicyclic) bond motifs is 1. The number of carboxylic acid groups (broad SMARTS) is 1. The van der Waals surface area contributed by atoms with E-state index in [2.05, 4.69) is 12.1 Å². The van der Waals surface area contributed by atoms with Gasteiger partial charge in [0, 0.05) is 5.69 Å². The maximum atomic E-state index is 9.57. The van der Waals surface area contributed by atoms with Crippen LogP contribution in [0, 0.1) is 0 Å². The molecule has 0 aliphatic rings. The Balaban J connectivity index is 0.000000209. The summed E-state index contributed by atoms with van der Waals surface area (Å²) in [5.74, 6) is -0.963. The summed E-state index contributed by atoms with van der Waals surface area (Å²) in [6.07, 6.45) is 0. The van der Waals surface area contributed by atoms with Gasteiger partial charge in [-0.25, -0.2) is 0 Å². The fourth-order valence-electron chi connectivity index (χ4n) is 1.21. The van der Waals surface area contributed by atoms with Crippen LogP contribution in [0.4, 0.5) is 5.69 Å². The van der Waals surface area contributed by atoms with Crippen molar-refractivity contribution in [1.29, 1.82) is 0 Å². The molecule has 0 fully saturated rings. The van der Waals surface area contributed by atoms with Gasteiger partial charge in [-0.1, -0.05) is 30.3 Å². The molecule has 2 rings (SSSR count). The highest BCUT2D eigenvalue weighted by Crippen LogP contribution is 2.15. The molecule has 4 heteroatoms. The van der Waals surface area contributed by atoms with Gasteiger partial charge in [-0.15, -0.1) is 0 Å². The lowest BCUT2D eigenvalue weighted by atomic mass is 10.1. The summed E-state index contributed by atoms with van der Waals surface area (Å²) in [6, 6.07) is 13.4. The minimum Gasteiger partial charge on any atom is -0.480 e. The molecule has 4 nitrogen and oxygen atoms in total. The summed E-state index contributed by atoms with van der Waals surface area (Å²) in [4.78, 5) is 9.57. The number of aliphatic carboxylic acids is 1. The van der Waals surface area contributed by atoms with Crippen molar-refractivity contribution in [3.63, 3.8) is 0 Å². The van der Waals surface area contributed by atoms with E-state index in [1.807, 2.05) is 30.3 Å². The summed E-state index contributed by atoms with van der Waals surface area (Å²) in [6.45, 7) is 1.42. The molecule has 0 aliphatic carbocycles. The highest BCUT2D eigenvalue weighted by atomic mass is 16.4. The van der Waals surface area contributed by atoms with Crippen molar-refractivity contribution in [3.05, 3.63) is 42.5 Å². The zero-order valence-corrected chi connectivity index (χ0v) is 9.63. The molecule has 0 heterocycles. The lowest BCUT2D eigenvalue weighted by Crippen LogP contribution is -2.25. The topological polar surface area (TPSA) is 89.3 Å². The van der Waals surface area contributed by atoms with Crippen LogP contribution in [0.25, 0.3) is 10.8 Å². The lowest BCUT2D eigenvalue weighted by Gasteiger charge is -1.96. The van der Waals surface area contributed by atoms with Crippen LogP contribution in [0.1, 0.15) is 6.92 Å². The predicted octanol–water partition coefficient (Wildman–Crippen LogP) is 1.84. The van der Waals surface area contributed by atoms with Crippen LogP contribution in [-0.2, 0) is 4.79 Å². The van der Waals surface area contributed by atoms with E-state index in [4.69, 9.17) is 16.6 Å². The number of carbonyl (C=O) groups is 1. The van der Waals surface area contributed by atoms with E-state index in [9.17, 15) is 4.79 Å². The summed E-state index contributed by atoms with van der Waals surface area (Å²) >= 11 is 0. The van der Waals surface area contributed by atoms with Gasteiger partial charge in [0.05, 0.1) is 0 Å². The number of hydrogen-bond acceptors (Lipinski definition) is 3. The zero-order valence-electron chi connectivity index (χ0n) is 9.63. The summed E-state index contributed by atoms with van der Waals surface area (Å²) in [5.41, 5.74) is 11.3. The second-order valence-corrected chi connectivity index (χ2v) is 3.73. The number of nitrogens with two attached hydrogens (primary N) is 2. The van der Waals surface area contributed by atoms with Gasteiger partial charge in [0.25, 0.3) is 0 Å². The van der Waals surface area contributed by atoms with E-state index in [-0.39, 0.29) is 0 Å². The SMILES string of the molecule is C[C@H](N)C(=O)O.Nc1ccc2ccccc2c1. The van der Waals surface area contributed by atoms with Crippen LogP contribution in [0.2, 0.25) is 0 Å². The van der Waals surface area contributed by atoms with Crippen molar-refractivity contribution < 1.29 is 9.90 Å². The van der Waals surface area contributed by atoms with Crippen molar-refractivity contribution >= 4 is 22.4 Å². The average Bonchev–Trinajstić information content (AvgIpc) is 2.29. The first-order chi connectivity index (χ1) is 8.00. The number of nitrogen functional groups attached to an aromatic ring is 1. The number of anilines is 1. The molecule has 0 saturated carbocycles. The van der Waals surface area contributed by atoms with E-state index < -0.39 is 12.0 Å². The molecule has 2 aromatic rings. The van der Waals surface area contributed by atoms with Gasteiger partial charge >= 0.3 is 5.97 Å². The third kappa shape index (κ3) is 4.12. The molecule has 0 aromatic heterocycles. The first kappa shape index (κ1) is 13.0. The Morgan fingerprint density at radius 2 is 1.71 bits per heavy atom. The lowest BCUT2D eigenvalue weighted by molar-refractivity contribution is -0.138. The highest BCUT2D eigenvalue weighted by molar-refractivity contribution is 5.85. The third-order valence-corrected chi connectivity index (χ3v) is 2.16. The standard InChI is InChI=1S/C10H9N.C3H7NO2/c11-10-6-5-8-3-1-2-4-9(8)7-10;1-2(4)3(5)6/h1-7H,11H2;2H,4H2,1H3,(H,5,6)/t;2-/m.0/s1. The van der Waals surface area contributed by atoms with Gasteiger partial charge < -0.3 is 16.6 Å². The summed E-state index contributed by atoms with van der Waals surface area (Å²) in [5, 5.41) is 10.3. The second-order valence-electron chi connectivity index (χ2n) is 3.73. The minimum absolute atomic E-state index is 0.731. The van der Waals surface area contributed by atoms with Crippen molar-refractivity contribution in [2.75, 3.05) is 5.73 Å². The second kappa shape index (κ2) is 5.86. The van der Waals surface area contributed by atoms with E-state index in [1.165, 1.54) is 17.7 Å². The molecule has 1 atom stereocenters. The smallest absolute Gasteiger partial charge is 0.320 e. The normalized spacial score (nSPS) is 11.4. The minimum atomic E-state index is -0.963. The van der Waals surface area contributed by atoms with Gasteiger partial charge in [-0.05, 0) is 29.8 Å². The van der Waals surface area contributed by atoms with E-state index in [0.29, 0.717) is 0 Å². The van der Waals surface area contributed by atoms with E-state index in [1.54, 1.807) is 0 Å². The molecule has 2 aromatic carbocycles. The van der Waals surface area contributed by atoms with Crippen molar-refractivity contribution in [2.24, 2.45) is 5.73 Å². The van der Waals surface area contributed by atoms with Crippen LogP contribution < -0.4 is 11.5 Å². The monoisotopic (exact) mass is 232 g/mol. The van der Waals surface area contributed by atoms with Crippen LogP contribution in [0.5, 0.6) is 0 Å². The Hall–Kier alpha value is -2.07. The third-order valence-electron chi connectivity index (χ3n) is 2.16. The first-order valence-electron chi connectivity index (χ1n) is 5.23. The van der Waals surface area contributed by atoms with Crippen LogP contribution in [0.15, 0.2) is 42.5 Å². The Bertz CT molecular complexity index is 510. The molecule has 0 unspecified atom stereocenters. The Morgan fingerprint density at radius 1 is 1.18 bits per heavy atom. The fraction of sp³-hybridized carbons (Fsp3) is 0.154. The molecule has 90 valence electrons. The molecule has 0 aliphatic heterocycles. The van der Waals surface area contributed by atoms with Gasteiger partial charge in [-0.3, -0.25) is 4.79 Å². The molecule has 0 amide bonds. The van der Waals surface area contributed by atoms with Gasteiger partial charge in [-0.2, -0.15) is 0 Å². The fourth-order valence-corrected chi connectivity index (χ4v) is 1.21. The van der Waals surface area contributed by atoms with Gasteiger partial charge in [0.2, 0.25) is 0 Å². The zero-order chi connectivity index (χ0) is 12.8. The van der Waals surface area contributed by atoms with E-state index >= 15 is 0 Å². The maximum Gasteiger partial charge on any atom is 0.320 e. The number of rotatable bonds is 1. The molecule has 0 radical (unpaired) electrons. The van der Waals surface area contributed by atoms with E-state index in [0.717, 1.165) is 5.69 Å². The molecule has 5 N–H and O–H groups in total. The van der Waals surface area contributed by atoms with Gasteiger partial charge in [0.1, 0.15) is 6.04 Å². The number of carboxylic acids is 1. The molecule has 0 bridgehead atoms. The van der Waals surface area contributed by atoms with Crippen molar-refractivity contribution in [3.8, 4) is 0 Å². The Labute approximate surface area is 99.8 Å². The molecular weight excluding hydrogens is 216 g/mol. The van der Waals surface area contributed by atoms with Crippen LogP contribution in [0.3, 0.4) is 0 Å². The Morgan fingerprint density at radius 3 is 2.24 bits per heavy atom. The molecule has 0 saturated heterocycles. The van der Waals surface area contributed by atoms with Crippen molar-refractivity contribution in [2.45, 2.75) is 13.0 Å². The van der Waals surface area contributed by atoms with Gasteiger partial charge in [0.15, 0.2) is 0 Å². The van der Waals surface area contributed by atoms with Crippen LogP contribution >= 0.6 is 0 Å². The first-order valence-corrected chi connectivity index (χ1v) is 5.23. The molecule has 0 spiro atoms. The highest BCUT2D eigenvalue weighted by Gasteiger charge is 1.99. The molecular formula is C13H16N2O2. The number of hydrogen-bond donors (Lipinski definition) is 3. The summed E-state index contributed by atoms with van der Waals surface area (Å²) in [7, 11) is 0. The quantitative estimate of drug-likeness (QED) is 0.654. The largest absolute Gasteiger partial charge is 0.480 e. The predicted molar refractivity (Wildman–Crippen MR) is 69.6 cm³/mol. The Kier molecular flexibility index (Phi) is 4.48. The van der Waals surface area contributed by atoms with Crippen molar-refractivity contribution in [1.82, 2.24) is 0 Å². The average molecular weight is 232 g/mol. The summed E-state index contributed by atoms with van der Waals surface area (Å²) < 4.78 is 0. The van der Waals surface area contributed by atoms with Crippen LogP contribution in [-0.4, -0.2) is 17.1 Å². The number of benzene rings is 2. The molecule has 17 heavy (non-hydrogen) atoms.